The Bertz CT molecular complexity index is 599. The maximum atomic E-state index is 6.13. The molecule has 0 saturated heterocycles. The van der Waals surface area contributed by atoms with E-state index in [2.05, 4.69) is 55.5 Å². The number of halogens is 1. The van der Waals surface area contributed by atoms with Crippen LogP contribution in [0.25, 0.3) is 0 Å². The summed E-state index contributed by atoms with van der Waals surface area (Å²) in [6.45, 7) is 2.27. The third-order valence-electron chi connectivity index (χ3n) is 3.88. The van der Waals surface area contributed by atoms with Gasteiger partial charge in [0.15, 0.2) is 0 Å². The van der Waals surface area contributed by atoms with Gasteiger partial charge in [0.2, 0.25) is 0 Å². The molecular weight excluding hydrogens is 300 g/mol. The topological polar surface area (TPSA) is 9.23 Å². The number of hydrogen-bond donors (Lipinski definition) is 0. The number of alkyl halides is 1. The first kappa shape index (κ1) is 14.8. The van der Waals surface area contributed by atoms with Crippen molar-refractivity contribution in [3.63, 3.8) is 0 Å². The summed E-state index contributed by atoms with van der Waals surface area (Å²) in [5.41, 5.74) is 2.44. The van der Waals surface area contributed by atoms with Crippen molar-refractivity contribution in [3.05, 3.63) is 59.7 Å². The van der Waals surface area contributed by atoms with Gasteiger partial charge in [-0.25, -0.2) is 0 Å². The number of rotatable bonds is 5. The van der Waals surface area contributed by atoms with E-state index in [9.17, 15) is 0 Å². The van der Waals surface area contributed by atoms with Gasteiger partial charge in [-0.05, 0) is 29.3 Å². The zero-order chi connectivity index (χ0) is 14.7. The Hall–Kier alpha value is -1.12. The summed E-state index contributed by atoms with van der Waals surface area (Å²) >= 11 is 7.79. The highest BCUT2D eigenvalue weighted by Crippen LogP contribution is 2.34. The van der Waals surface area contributed by atoms with Gasteiger partial charge in [-0.15, -0.1) is 23.4 Å². The lowest BCUT2D eigenvalue weighted by molar-refractivity contribution is 0.181. The lowest BCUT2D eigenvalue weighted by Crippen LogP contribution is -2.24. The highest BCUT2D eigenvalue weighted by atomic mass is 35.5. The van der Waals surface area contributed by atoms with E-state index in [4.69, 9.17) is 16.3 Å². The maximum Gasteiger partial charge on any atom is 0.123 e. The van der Waals surface area contributed by atoms with Gasteiger partial charge >= 0.3 is 0 Å². The molecule has 110 valence electrons. The molecule has 1 heterocycles. The normalized spacial score (nSPS) is 18.1. The second-order valence-corrected chi connectivity index (χ2v) is 6.90. The van der Waals surface area contributed by atoms with Gasteiger partial charge in [-0.3, -0.25) is 0 Å². The maximum absolute atomic E-state index is 6.13. The SMILES string of the molecule is C[C@@H](CSc1ccccc1)[C@H]1Cc2ccc(CCl)cc2O1. The fourth-order valence-electron chi connectivity index (χ4n) is 2.55. The van der Waals surface area contributed by atoms with Crippen LogP contribution in [-0.2, 0) is 12.3 Å². The van der Waals surface area contributed by atoms with E-state index < -0.39 is 0 Å². The van der Waals surface area contributed by atoms with E-state index in [-0.39, 0.29) is 6.10 Å². The van der Waals surface area contributed by atoms with Crippen LogP contribution in [0.1, 0.15) is 18.1 Å². The Kier molecular flexibility index (Phi) is 4.77. The minimum absolute atomic E-state index is 0.279. The zero-order valence-electron chi connectivity index (χ0n) is 12.1. The van der Waals surface area contributed by atoms with Gasteiger partial charge in [0.05, 0.1) is 0 Å². The van der Waals surface area contributed by atoms with E-state index in [0.717, 1.165) is 23.5 Å². The Labute approximate surface area is 135 Å². The molecule has 0 unspecified atom stereocenters. The van der Waals surface area contributed by atoms with E-state index >= 15 is 0 Å². The molecule has 0 fully saturated rings. The van der Waals surface area contributed by atoms with Crippen LogP contribution in [0.4, 0.5) is 0 Å². The molecule has 2 atom stereocenters. The van der Waals surface area contributed by atoms with Crippen molar-refractivity contribution in [1.82, 2.24) is 0 Å². The average molecular weight is 319 g/mol. The van der Waals surface area contributed by atoms with Crippen LogP contribution < -0.4 is 4.74 Å². The van der Waals surface area contributed by atoms with Crippen molar-refractivity contribution in [1.29, 1.82) is 0 Å². The van der Waals surface area contributed by atoms with Crippen molar-refractivity contribution >= 4 is 23.4 Å². The van der Waals surface area contributed by atoms with Crippen molar-refractivity contribution in [3.8, 4) is 5.75 Å². The van der Waals surface area contributed by atoms with Gasteiger partial charge in [-0.2, -0.15) is 0 Å². The zero-order valence-corrected chi connectivity index (χ0v) is 13.7. The molecule has 0 bridgehead atoms. The second-order valence-electron chi connectivity index (χ2n) is 5.54. The van der Waals surface area contributed by atoms with Gasteiger partial charge in [0.25, 0.3) is 0 Å². The molecule has 1 aliphatic heterocycles. The first-order chi connectivity index (χ1) is 10.3. The predicted molar refractivity (Wildman–Crippen MR) is 90.4 cm³/mol. The van der Waals surface area contributed by atoms with Crippen LogP contribution in [0.3, 0.4) is 0 Å². The first-order valence-corrected chi connectivity index (χ1v) is 8.80. The molecule has 0 N–H and O–H groups in total. The molecular formula is C18H19ClOS. The molecule has 3 rings (SSSR count). The van der Waals surface area contributed by atoms with Crippen LogP contribution in [0, 0.1) is 5.92 Å². The van der Waals surface area contributed by atoms with Crippen molar-refractivity contribution < 1.29 is 4.74 Å². The van der Waals surface area contributed by atoms with E-state index in [1.807, 2.05) is 11.8 Å². The van der Waals surface area contributed by atoms with Crippen molar-refractivity contribution in [2.45, 2.75) is 30.2 Å². The molecule has 1 nitrogen and oxygen atoms in total. The molecule has 2 aromatic rings. The van der Waals surface area contributed by atoms with Crippen LogP contribution >= 0.6 is 23.4 Å². The van der Waals surface area contributed by atoms with E-state index in [1.54, 1.807) is 0 Å². The smallest absolute Gasteiger partial charge is 0.123 e. The van der Waals surface area contributed by atoms with Gasteiger partial charge < -0.3 is 4.74 Å². The highest BCUT2D eigenvalue weighted by Gasteiger charge is 2.27. The Balaban J connectivity index is 1.59. The molecule has 0 amide bonds. The van der Waals surface area contributed by atoms with Gasteiger partial charge in [0.1, 0.15) is 11.9 Å². The number of ether oxygens (including phenoxy) is 1. The summed E-state index contributed by atoms with van der Waals surface area (Å²) in [5, 5.41) is 0. The molecule has 0 aliphatic carbocycles. The molecule has 0 saturated carbocycles. The van der Waals surface area contributed by atoms with E-state index in [1.165, 1.54) is 10.5 Å². The molecule has 0 aromatic heterocycles. The fraction of sp³-hybridized carbons (Fsp3) is 0.333. The summed E-state index contributed by atoms with van der Waals surface area (Å²) in [5.74, 6) is 3.16. The quantitative estimate of drug-likeness (QED) is 0.556. The molecule has 1 aliphatic rings. The summed E-state index contributed by atoms with van der Waals surface area (Å²) in [6, 6.07) is 16.9. The summed E-state index contributed by atoms with van der Waals surface area (Å²) in [6.07, 6.45) is 1.29. The van der Waals surface area contributed by atoms with Crippen LogP contribution in [0.15, 0.2) is 53.4 Å². The summed E-state index contributed by atoms with van der Waals surface area (Å²) in [4.78, 5) is 1.32. The third-order valence-corrected chi connectivity index (χ3v) is 5.48. The minimum atomic E-state index is 0.279. The number of thioether (sulfide) groups is 1. The average Bonchev–Trinajstić information content (AvgIpc) is 2.96. The molecule has 21 heavy (non-hydrogen) atoms. The van der Waals surface area contributed by atoms with Crippen LogP contribution in [-0.4, -0.2) is 11.9 Å². The van der Waals surface area contributed by atoms with Gasteiger partial charge in [-0.1, -0.05) is 37.3 Å². The lowest BCUT2D eigenvalue weighted by Gasteiger charge is -2.18. The fourth-order valence-corrected chi connectivity index (χ4v) is 3.74. The Morgan fingerprint density at radius 3 is 2.81 bits per heavy atom. The standard InChI is InChI=1S/C18H19ClOS/c1-13(12-21-16-5-3-2-4-6-16)17-10-15-8-7-14(11-19)9-18(15)20-17/h2-9,13,17H,10-12H2,1H3/t13-,17+/m0/s1. The summed E-state index contributed by atoms with van der Waals surface area (Å²) in [7, 11) is 0. The largest absolute Gasteiger partial charge is 0.489 e. The summed E-state index contributed by atoms with van der Waals surface area (Å²) < 4.78 is 6.13. The highest BCUT2D eigenvalue weighted by molar-refractivity contribution is 7.99. The molecule has 0 radical (unpaired) electrons. The number of fused-ring (bicyclic) bond motifs is 1. The Morgan fingerprint density at radius 2 is 2.05 bits per heavy atom. The van der Waals surface area contributed by atoms with Crippen molar-refractivity contribution in [2.75, 3.05) is 5.75 Å². The van der Waals surface area contributed by atoms with Crippen LogP contribution in [0.5, 0.6) is 5.75 Å². The minimum Gasteiger partial charge on any atom is -0.489 e. The van der Waals surface area contributed by atoms with E-state index in [0.29, 0.717) is 11.8 Å². The number of benzene rings is 2. The Morgan fingerprint density at radius 1 is 1.24 bits per heavy atom. The molecule has 0 spiro atoms. The second kappa shape index (κ2) is 6.76. The predicted octanol–water partition coefficient (Wildman–Crippen LogP) is 5.16. The first-order valence-electron chi connectivity index (χ1n) is 7.28. The molecule has 2 aromatic carbocycles. The van der Waals surface area contributed by atoms with Crippen LogP contribution in [0.2, 0.25) is 0 Å². The van der Waals surface area contributed by atoms with Crippen molar-refractivity contribution in [2.24, 2.45) is 5.92 Å². The lowest BCUT2D eigenvalue weighted by atomic mass is 10.0. The number of hydrogen-bond acceptors (Lipinski definition) is 2. The molecule has 3 heteroatoms. The van der Waals surface area contributed by atoms with Gasteiger partial charge in [0, 0.05) is 28.9 Å². The monoisotopic (exact) mass is 318 g/mol. The third kappa shape index (κ3) is 3.56.